The van der Waals surface area contributed by atoms with Gasteiger partial charge in [-0.15, -0.1) is 0 Å². The van der Waals surface area contributed by atoms with Crippen LogP contribution in [0.2, 0.25) is 0 Å². The lowest BCUT2D eigenvalue weighted by Gasteiger charge is -2.38. The van der Waals surface area contributed by atoms with Gasteiger partial charge >= 0.3 is 0 Å². The summed E-state index contributed by atoms with van der Waals surface area (Å²) in [6, 6.07) is 6.11. The zero-order valence-electron chi connectivity index (χ0n) is 13.8. The summed E-state index contributed by atoms with van der Waals surface area (Å²) in [5, 5.41) is 0. The Morgan fingerprint density at radius 1 is 1.26 bits per heavy atom. The first kappa shape index (κ1) is 15.6. The van der Waals surface area contributed by atoms with Crippen LogP contribution in [0.25, 0.3) is 0 Å². The molecule has 3 nitrogen and oxygen atoms in total. The van der Waals surface area contributed by atoms with Gasteiger partial charge in [0.15, 0.2) is 0 Å². The maximum absolute atomic E-state index is 12.1. The summed E-state index contributed by atoms with van der Waals surface area (Å²) in [5.74, 6) is 0.848. The first-order chi connectivity index (χ1) is 11.2. The molecule has 3 heteroatoms. The number of hydrogen-bond acceptors (Lipinski definition) is 3. The maximum Gasteiger partial charge on any atom is 0.146 e. The molecule has 0 N–H and O–H groups in total. The molecule has 1 heterocycles. The molecule has 120 valence electrons. The number of methoxy groups -OCH3 is 1. The van der Waals surface area contributed by atoms with Crippen LogP contribution in [0.1, 0.15) is 30.9 Å². The summed E-state index contributed by atoms with van der Waals surface area (Å²) >= 11 is 0. The SMILES string of the molecule is CCC/C=C1\C=CC=CN1C1(C=O)Cc2ccc(OC)cc2C1. The van der Waals surface area contributed by atoms with Crippen molar-refractivity contribution in [2.75, 3.05) is 7.11 Å². The Hall–Kier alpha value is -2.29. The fourth-order valence-electron chi connectivity index (χ4n) is 3.42. The average molecular weight is 309 g/mol. The molecule has 1 atom stereocenters. The first-order valence-corrected chi connectivity index (χ1v) is 8.19. The Morgan fingerprint density at radius 2 is 2.09 bits per heavy atom. The summed E-state index contributed by atoms with van der Waals surface area (Å²) in [5.41, 5.74) is 3.02. The summed E-state index contributed by atoms with van der Waals surface area (Å²) in [4.78, 5) is 14.3. The largest absolute Gasteiger partial charge is 0.497 e. The third kappa shape index (κ3) is 2.83. The second-order valence-corrected chi connectivity index (χ2v) is 6.20. The number of rotatable bonds is 5. The minimum absolute atomic E-state index is 0.532. The van der Waals surface area contributed by atoms with E-state index in [1.54, 1.807) is 7.11 Å². The normalized spacial score (nSPS) is 24.1. The number of allylic oxidation sites excluding steroid dienone is 4. The van der Waals surface area contributed by atoms with E-state index < -0.39 is 5.54 Å². The smallest absolute Gasteiger partial charge is 0.146 e. The van der Waals surface area contributed by atoms with Gasteiger partial charge in [0.2, 0.25) is 0 Å². The van der Waals surface area contributed by atoms with E-state index in [9.17, 15) is 4.79 Å². The summed E-state index contributed by atoms with van der Waals surface area (Å²) in [7, 11) is 1.67. The molecule has 0 saturated carbocycles. The van der Waals surface area contributed by atoms with Crippen LogP contribution in [0.15, 0.2) is 54.4 Å². The van der Waals surface area contributed by atoms with Crippen LogP contribution in [-0.4, -0.2) is 23.8 Å². The molecule has 0 saturated heterocycles. The van der Waals surface area contributed by atoms with Crippen molar-refractivity contribution in [3.8, 4) is 5.75 Å². The minimum Gasteiger partial charge on any atom is -0.497 e. The Balaban J connectivity index is 1.95. The van der Waals surface area contributed by atoms with Crippen molar-refractivity contribution in [2.24, 2.45) is 0 Å². The molecule has 3 rings (SSSR count). The number of unbranched alkanes of at least 4 members (excludes halogenated alkanes) is 1. The number of carbonyl (C=O) groups excluding carboxylic acids is 1. The molecule has 1 aromatic rings. The van der Waals surface area contributed by atoms with E-state index >= 15 is 0 Å². The van der Waals surface area contributed by atoms with Crippen LogP contribution >= 0.6 is 0 Å². The molecule has 1 aromatic carbocycles. The van der Waals surface area contributed by atoms with Crippen molar-refractivity contribution < 1.29 is 9.53 Å². The Morgan fingerprint density at radius 3 is 2.83 bits per heavy atom. The lowest BCUT2D eigenvalue weighted by Crippen LogP contribution is -2.47. The molecule has 0 aromatic heterocycles. The highest BCUT2D eigenvalue weighted by atomic mass is 16.5. The number of benzene rings is 1. The lowest BCUT2D eigenvalue weighted by molar-refractivity contribution is -0.115. The predicted molar refractivity (Wildman–Crippen MR) is 92.3 cm³/mol. The number of aldehydes is 1. The van der Waals surface area contributed by atoms with Gasteiger partial charge in [0.05, 0.1) is 7.11 Å². The van der Waals surface area contributed by atoms with Gasteiger partial charge in [-0.25, -0.2) is 0 Å². The van der Waals surface area contributed by atoms with Crippen molar-refractivity contribution in [2.45, 2.75) is 38.1 Å². The number of fused-ring (bicyclic) bond motifs is 1. The highest BCUT2D eigenvalue weighted by molar-refractivity contribution is 5.70. The van der Waals surface area contributed by atoms with Crippen molar-refractivity contribution in [3.63, 3.8) is 0 Å². The van der Waals surface area contributed by atoms with E-state index in [4.69, 9.17) is 4.74 Å². The zero-order chi connectivity index (χ0) is 16.3. The molecule has 0 radical (unpaired) electrons. The average Bonchev–Trinajstić information content (AvgIpc) is 2.99. The number of nitrogens with zero attached hydrogens (tertiary/aromatic N) is 1. The monoisotopic (exact) mass is 309 g/mol. The second kappa shape index (κ2) is 6.45. The van der Waals surface area contributed by atoms with Crippen LogP contribution in [0, 0.1) is 0 Å². The summed E-state index contributed by atoms with van der Waals surface area (Å²) < 4.78 is 5.32. The standard InChI is InChI=1S/C20H23NO2/c1-3-4-7-18-8-5-6-11-21(18)20(15-22)13-16-9-10-19(23-2)12-17(16)14-20/h5-12,15H,3-4,13-14H2,1-2H3/b18-7+. The van der Waals surface area contributed by atoms with Crippen LogP contribution in [0.4, 0.5) is 0 Å². The number of hydrogen-bond donors (Lipinski definition) is 0. The van der Waals surface area contributed by atoms with Crippen molar-refractivity contribution in [3.05, 3.63) is 65.5 Å². The molecular formula is C20H23NO2. The topological polar surface area (TPSA) is 29.5 Å². The van der Waals surface area contributed by atoms with Crippen molar-refractivity contribution in [1.82, 2.24) is 4.90 Å². The fourth-order valence-corrected chi connectivity index (χ4v) is 3.42. The molecule has 0 amide bonds. The van der Waals surface area contributed by atoms with Gasteiger partial charge in [0, 0.05) is 24.7 Å². The van der Waals surface area contributed by atoms with Crippen molar-refractivity contribution in [1.29, 1.82) is 0 Å². The van der Waals surface area contributed by atoms with Gasteiger partial charge in [-0.2, -0.15) is 0 Å². The van der Waals surface area contributed by atoms with E-state index in [-0.39, 0.29) is 0 Å². The van der Waals surface area contributed by atoms with Gasteiger partial charge in [-0.05, 0) is 41.8 Å². The lowest BCUT2D eigenvalue weighted by atomic mass is 9.93. The summed E-state index contributed by atoms with van der Waals surface area (Å²) in [6.45, 7) is 2.16. The molecule has 0 fully saturated rings. The molecule has 1 unspecified atom stereocenters. The molecule has 2 aliphatic rings. The molecule has 0 spiro atoms. The number of ether oxygens (including phenoxy) is 1. The van der Waals surface area contributed by atoms with Gasteiger partial charge in [0.25, 0.3) is 0 Å². The zero-order valence-corrected chi connectivity index (χ0v) is 13.8. The van der Waals surface area contributed by atoms with E-state index in [1.165, 1.54) is 11.1 Å². The second-order valence-electron chi connectivity index (χ2n) is 6.20. The molecule has 1 aliphatic heterocycles. The first-order valence-electron chi connectivity index (χ1n) is 8.19. The third-order valence-corrected chi connectivity index (χ3v) is 4.64. The minimum atomic E-state index is -0.532. The van der Waals surface area contributed by atoms with Gasteiger partial charge in [-0.1, -0.05) is 31.6 Å². The predicted octanol–water partition coefficient (Wildman–Crippen LogP) is 3.80. The Labute approximate surface area is 137 Å². The molecular weight excluding hydrogens is 286 g/mol. The molecule has 23 heavy (non-hydrogen) atoms. The Bertz CT molecular complexity index is 687. The quantitative estimate of drug-likeness (QED) is 0.775. The summed E-state index contributed by atoms with van der Waals surface area (Å²) in [6.07, 6.45) is 15.0. The van der Waals surface area contributed by atoms with Crippen LogP contribution in [0.5, 0.6) is 5.75 Å². The van der Waals surface area contributed by atoms with Crippen LogP contribution in [0.3, 0.4) is 0 Å². The maximum atomic E-state index is 12.1. The van der Waals surface area contributed by atoms with Gasteiger partial charge in [0.1, 0.15) is 17.6 Å². The van der Waals surface area contributed by atoms with Gasteiger partial charge < -0.3 is 14.4 Å². The van der Waals surface area contributed by atoms with Crippen LogP contribution in [-0.2, 0) is 17.6 Å². The molecule has 0 bridgehead atoms. The fraction of sp³-hybridized carbons (Fsp3) is 0.350. The third-order valence-electron chi connectivity index (χ3n) is 4.64. The van der Waals surface area contributed by atoms with Crippen molar-refractivity contribution >= 4 is 6.29 Å². The van der Waals surface area contributed by atoms with E-state index in [2.05, 4.69) is 36.1 Å². The van der Waals surface area contributed by atoms with Gasteiger partial charge in [-0.3, -0.25) is 0 Å². The van der Waals surface area contributed by atoms with Crippen LogP contribution < -0.4 is 4.74 Å². The van der Waals surface area contributed by atoms with E-state index in [1.807, 2.05) is 24.4 Å². The highest BCUT2D eigenvalue weighted by Crippen LogP contribution is 2.38. The van der Waals surface area contributed by atoms with E-state index in [0.29, 0.717) is 6.42 Å². The Kier molecular flexibility index (Phi) is 4.37. The van der Waals surface area contributed by atoms with E-state index in [0.717, 1.165) is 37.0 Å². The number of carbonyl (C=O) groups is 1. The molecule has 1 aliphatic carbocycles. The highest BCUT2D eigenvalue weighted by Gasteiger charge is 2.42.